The van der Waals surface area contributed by atoms with Crippen molar-refractivity contribution in [2.45, 2.75) is 12.8 Å². The van der Waals surface area contributed by atoms with Crippen molar-refractivity contribution < 1.29 is 24.1 Å². The topological polar surface area (TPSA) is 65.0 Å². The number of halogens is 1. The van der Waals surface area contributed by atoms with E-state index in [9.17, 15) is 4.79 Å². The normalized spacial score (nSPS) is 10.2. The highest BCUT2D eigenvalue weighted by Gasteiger charge is 2.12. The zero-order chi connectivity index (χ0) is 17.4. The summed E-state index contributed by atoms with van der Waals surface area (Å²) in [5.41, 5.74) is 0.795. The van der Waals surface area contributed by atoms with E-state index in [0.717, 1.165) is 5.56 Å². The van der Waals surface area contributed by atoms with Gasteiger partial charge >= 0.3 is 5.97 Å². The number of rotatable bonds is 9. The predicted octanol–water partition coefficient (Wildman–Crippen LogP) is 3.82. The van der Waals surface area contributed by atoms with Crippen molar-refractivity contribution in [3.05, 3.63) is 53.1 Å². The Bertz CT molecular complexity index is 670. The van der Waals surface area contributed by atoms with Crippen molar-refractivity contribution in [1.82, 2.24) is 0 Å². The summed E-state index contributed by atoms with van der Waals surface area (Å²) in [6, 6.07) is 12.5. The number of methoxy groups -OCH3 is 1. The summed E-state index contributed by atoms with van der Waals surface area (Å²) in [6.07, 6.45) is 0.407. The van der Waals surface area contributed by atoms with Gasteiger partial charge in [0, 0.05) is 11.4 Å². The van der Waals surface area contributed by atoms with Crippen molar-refractivity contribution >= 4 is 17.6 Å². The van der Waals surface area contributed by atoms with Gasteiger partial charge in [-0.25, -0.2) is 0 Å². The first-order chi connectivity index (χ1) is 11.6. The van der Waals surface area contributed by atoms with Gasteiger partial charge in [0.15, 0.2) is 11.5 Å². The molecule has 0 atom stereocenters. The molecule has 24 heavy (non-hydrogen) atoms. The van der Waals surface area contributed by atoms with Gasteiger partial charge in [-0.15, -0.1) is 0 Å². The van der Waals surface area contributed by atoms with Crippen LogP contribution in [0.15, 0.2) is 42.5 Å². The number of ether oxygens (including phenoxy) is 3. The van der Waals surface area contributed by atoms with Gasteiger partial charge in [0.1, 0.15) is 19.0 Å². The molecule has 1 N–H and O–H groups in total. The SMILES string of the molecule is COc1cccc(CCC(=O)O)c1OCCOc1ccc(Cl)cc1. The lowest BCUT2D eigenvalue weighted by Crippen LogP contribution is -2.11. The average molecular weight is 351 g/mol. The standard InChI is InChI=1S/C18H19ClO5/c1-22-16-4-2-3-13(5-10-17(20)21)18(16)24-12-11-23-15-8-6-14(19)7-9-15/h2-4,6-9H,5,10-12H2,1H3,(H,20,21). The van der Waals surface area contributed by atoms with Crippen molar-refractivity contribution in [3.63, 3.8) is 0 Å². The molecule has 0 saturated heterocycles. The van der Waals surface area contributed by atoms with Crippen LogP contribution in [0.5, 0.6) is 17.2 Å². The molecule has 0 fully saturated rings. The fraction of sp³-hybridized carbons (Fsp3) is 0.278. The molecule has 0 saturated carbocycles. The molecule has 2 rings (SSSR count). The third-order valence-electron chi connectivity index (χ3n) is 3.30. The molecule has 2 aromatic carbocycles. The number of aryl methyl sites for hydroxylation is 1. The van der Waals surface area contributed by atoms with Gasteiger partial charge < -0.3 is 19.3 Å². The third-order valence-corrected chi connectivity index (χ3v) is 3.55. The fourth-order valence-corrected chi connectivity index (χ4v) is 2.28. The Morgan fingerprint density at radius 1 is 1.08 bits per heavy atom. The van der Waals surface area contributed by atoms with Gasteiger partial charge in [0.2, 0.25) is 0 Å². The summed E-state index contributed by atoms with van der Waals surface area (Å²) in [5.74, 6) is 0.981. The molecule has 5 nitrogen and oxygen atoms in total. The van der Waals surface area contributed by atoms with Gasteiger partial charge in [0.05, 0.1) is 7.11 Å². The summed E-state index contributed by atoms with van der Waals surface area (Å²) >= 11 is 5.82. The zero-order valence-electron chi connectivity index (χ0n) is 13.3. The van der Waals surface area contributed by atoms with E-state index in [1.54, 1.807) is 37.4 Å². The Morgan fingerprint density at radius 2 is 1.79 bits per heavy atom. The predicted molar refractivity (Wildman–Crippen MR) is 91.4 cm³/mol. The zero-order valence-corrected chi connectivity index (χ0v) is 14.1. The Labute approximate surface area is 145 Å². The summed E-state index contributed by atoms with van der Waals surface area (Å²) in [6.45, 7) is 0.654. The van der Waals surface area contributed by atoms with E-state index < -0.39 is 5.97 Å². The van der Waals surface area contributed by atoms with Crippen LogP contribution in [0.1, 0.15) is 12.0 Å². The molecule has 0 radical (unpaired) electrons. The van der Waals surface area contributed by atoms with Gasteiger partial charge in [0.25, 0.3) is 0 Å². The highest BCUT2D eigenvalue weighted by atomic mass is 35.5. The number of hydrogen-bond donors (Lipinski definition) is 1. The quantitative estimate of drug-likeness (QED) is 0.696. The molecule has 0 amide bonds. The molecule has 0 aromatic heterocycles. The van der Waals surface area contributed by atoms with Crippen LogP contribution in [-0.4, -0.2) is 31.4 Å². The molecule has 0 unspecified atom stereocenters. The number of aliphatic carboxylic acids is 1. The van der Waals surface area contributed by atoms with E-state index in [0.29, 0.717) is 41.9 Å². The van der Waals surface area contributed by atoms with E-state index in [4.69, 9.17) is 30.9 Å². The smallest absolute Gasteiger partial charge is 0.303 e. The van der Waals surface area contributed by atoms with E-state index in [2.05, 4.69) is 0 Å². The van der Waals surface area contributed by atoms with E-state index in [-0.39, 0.29) is 6.42 Å². The highest BCUT2D eigenvalue weighted by molar-refractivity contribution is 6.30. The van der Waals surface area contributed by atoms with Gasteiger partial charge in [-0.1, -0.05) is 23.7 Å². The molecule has 0 aliphatic rings. The first-order valence-corrected chi connectivity index (χ1v) is 7.87. The van der Waals surface area contributed by atoms with Gasteiger partial charge in [-0.05, 0) is 42.3 Å². The highest BCUT2D eigenvalue weighted by Crippen LogP contribution is 2.32. The lowest BCUT2D eigenvalue weighted by molar-refractivity contribution is -0.136. The summed E-state index contributed by atoms with van der Waals surface area (Å²) in [7, 11) is 1.55. The molecular formula is C18H19ClO5. The Balaban J connectivity index is 1.94. The minimum atomic E-state index is -0.852. The Morgan fingerprint density at radius 3 is 2.46 bits per heavy atom. The fourth-order valence-electron chi connectivity index (χ4n) is 2.16. The van der Waals surface area contributed by atoms with Crippen molar-refractivity contribution in [2.75, 3.05) is 20.3 Å². The van der Waals surface area contributed by atoms with E-state index in [1.807, 2.05) is 12.1 Å². The summed E-state index contributed by atoms with van der Waals surface area (Å²) in [4.78, 5) is 10.8. The van der Waals surface area contributed by atoms with Crippen molar-refractivity contribution in [3.8, 4) is 17.2 Å². The molecule has 2 aromatic rings. The molecule has 6 heteroatoms. The number of carboxylic acids is 1. The number of carbonyl (C=O) groups is 1. The lowest BCUT2D eigenvalue weighted by atomic mass is 10.1. The molecule has 128 valence electrons. The summed E-state index contributed by atoms with van der Waals surface area (Å²) in [5, 5.41) is 9.50. The number of hydrogen-bond acceptors (Lipinski definition) is 4. The van der Waals surface area contributed by atoms with Gasteiger partial charge in [-0.2, -0.15) is 0 Å². The molecule has 0 aliphatic heterocycles. The van der Waals surface area contributed by atoms with Crippen molar-refractivity contribution in [1.29, 1.82) is 0 Å². The largest absolute Gasteiger partial charge is 0.493 e. The number of benzene rings is 2. The minimum Gasteiger partial charge on any atom is -0.493 e. The first-order valence-electron chi connectivity index (χ1n) is 7.49. The van der Waals surface area contributed by atoms with Crippen LogP contribution < -0.4 is 14.2 Å². The number of carboxylic acid groups (broad SMARTS) is 1. The Kier molecular flexibility index (Phi) is 6.75. The van der Waals surface area contributed by atoms with Crippen LogP contribution in [0.2, 0.25) is 5.02 Å². The van der Waals surface area contributed by atoms with Crippen LogP contribution in [-0.2, 0) is 11.2 Å². The monoisotopic (exact) mass is 350 g/mol. The second kappa shape index (κ2) is 9.03. The van der Waals surface area contributed by atoms with Crippen LogP contribution in [0.3, 0.4) is 0 Å². The third kappa shape index (κ3) is 5.35. The lowest BCUT2D eigenvalue weighted by Gasteiger charge is -2.15. The van der Waals surface area contributed by atoms with E-state index >= 15 is 0 Å². The summed E-state index contributed by atoms with van der Waals surface area (Å²) < 4.78 is 16.6. The maximum absolute atomic E-state index is 10.8. The van der Waals surface area contributed by atoms with Crippen LogP contribution in [0, 0.1) is 0 Å². The first kappa shape index (κ1) is 17.9. The molecular weight excluding hydrogens is 332 g/mol. The Hall–Kier alpha value is -2.40. The van der Waals surface area contributed by atoms with Crippen LogP contribution in [0.25, 0.3) is 0 Å². The second-order valence-electron chi connectivity index (χ2n) is 4.99. The van der Waals surface area contributed by atoms with E-state index in [1.165, 1.54) is 0 Å². The number of para-hydroxylation sites is 1. The molecule has 0 spiro atoms. The van der Waals surface area contributed by atoms with Crippen LogP contribution >= 0.6 is 11.6 Å². The maximum Gasteiger partial charge on any atom is 0.303 e. The van der Waals surface area contributed by atoms with Gasteiger partial charge in [-0.3, -0.25) is 4.79 Å². The minimum absolute atomic E-state index is 0.0325. The van der Waals surface area contributed by atoms with Crippen molar-refractivity contribution in [2.24, 2.45) is 0 Å². The van der Waals surface area contributed by atoms with Crippen LogP contribution in [0.4, 0.5) is 0 Å². The average Bonchev–Trinajstić information content (AvgIpc) is 2.58. The molecule has 0 aliphatic carbocycles. The molecule has 0 bridgehead atoms. The maximum atomic E-state index is 10.8. The molecule has 0 heterocycles. The second-order valence-corrected chi connectivity index (χ2v) is 5.43.